The van der Waals surface area contributed by atoms with Gasteiger partial charge in [-0.05, 0) is 20.8 Å². The van der Waals surface area contributed by atoms with Crippen LogP contribution in [0.2, 0.25) is 0 Å². The van der Waals surface area contributed by atoms with Gasteiger partial charge < -0.3 is 5.11 Å². The van der Waals surface area contributed by atoms with Crippen molar-refractivity contribution in [3.63, 3.8) is 0 Å². The first kappa shape index (κ1) is 12.6. The molecule has 6 heteroatoms. The fourth-order valence-corrected chi connectivity index (χ4v) is 1.70. The third kappa shape index (κ3) is 2.38. The predicted molar refractivity (Wildman–Crippen MR) is 55.6 cm³/mol. The van der Waals surface area contributed by atoms with Crippen molar-refractivity contribution >= 4 is 17.8 Å². The highest BCUT2D eigenvalue weighted by Crippen LogP contribution is 2.16. The molecule has 0 aromatic heterocycles. The molecule has 0 saturated carbocycles. The minimum atomic E-state index is -1.04. The molecular formula is C10H16N2O4. The highest BCUT2D eigenvalue weighted by Gasteiger charge is 2.40. The first-order valence-electron chi connectivity index (χ1n) is 5.19. The van der Waals surface area contributed by atoms with Crippen molar-refractivity contribution in [3.8, 4) is 0 Å². The summed E-state index contributed by atoms with van der Waals surface area (Å²) in [6, 6.07) is -1.73. The van der Waals surface area contributed by atoms with E-state index in [9.17, 15) is 14.4 Å². The van der Waals surface area contributed by atoms with E-state index >= 15 is 0 Å². The Morgan fingerprint density at radius 2 is 2.00 bits per heavy atom. The van der Waals surface area contributed by atoms with Gasteiger partial charge >= 0.3 is 5.97 Å². The molecule has 0 aliphatic carbocycles. The van der Waals surface area contributed by atoms with E-state index < -0.39 is 18.1 Å². The van der Waals surface area contributed by atoms with Gasteiger partial charge in [0.2, 0.25) is 11.8 Å². The van der Waals surface area contributed by atoms with E-state index in [0.717, 1.165) is 0 Å². The second kappa shape index (κ2) is 4.61. The van der Waals surface area contributed by atoms with E-state index in [4.69, 9.17) is 5.11 Å². The molecule has 2 amide bonds. The monoisotopic (exact) mass is 228 g/mol. The van der Waals surface area contributed by atoms with E-state index in [-0.39, 0.29) is 24.3 Å². The third-order valence-electron chi connectivity index (χ3n) is 2.52. The molecule has 0 radical (unpaired) electrons. The fourth-order valence-electron chi connectivity index (χ4n) is 1.70. The maximum atomic E-state index is 11.8. The smallest absolute Gasteiger partial charge is 0.320 e. The molecule has 1 fully saturated rings. The fraction of sp³-hybridized carbons (Fsp3) is 0.700. The lowest BCUT2D eigenvalue weighted by atomic mass is 10.2. The van der Waals surface area contributed by atoms with Crippen LogP contribution in [0.3, 0.4) is 0 Å². The van der Waals surface area contributed by atoms with Gasteiger partial charge in [-0.3, -0.25) is 24.6 Å². The minimum Gasteiger partial charge on any atom is -0.480 e. The second-order valence-corrected chi connectivity index (χ2v) is 4.18. The Morgan fingerprint density at radius 3 is 2.38 bits per heavy atom. The van der Waals surface area contributed by atoms with Crippen molar-refractivity contribution in [1.29, 1.82) is 0 Å². The molecule has 1 saturated heterocycles. The second-order valence-electron chi connectivity index (χ2n) is 4.18. The first-order valence-corrected chi connectivity index (χ1v) is 5.19. The summed E-state index contributed by atoms with van der Waals surface area (Å²) in [7, 11) is 0. The lowest BCUT2D eigenvalue weighted by Crippen LogP contribution is -2.46. The lowest BCUT2D eigenvalue weighted by molar-refractivity contribution is -0.140. The molecule has 1 aliphatic heterocycles. The normalized spacial score (nSPS) is 23.0. The standard InChI is InChI=1S/C10H16N2O4/c1-5(2)12-8(13)4-7(9(12)14)11-6(3)10(15)16/h5-7,11H,4H2,1-3H3,(H,15,16). The van der Waals surface area contributed by atoms with Crippen LogP contribution >= 0.6 is 0 Å². The van der Waals surface area contributed by atoms with Crippen molar-refractivity contribution < 1.29 is 19.5 Å². The maximum Gasteiger partial charge on any atom is 0.320 e. The number of hydrogen-bond acceptors (Lipinski definition) is 4. The number of rotatable bonds is 4. The zero-order chi connectivity index (χ0) is 12.5. The molecule has 1 rings (SSSR count). The highest BCUT2D eigenvalue weighted by molar-refractivity contribution is 6.06. The van der Waals surface area contributed by atoms with Crippen molar-refractivity contribution in [3.05, 3.63) is 0 Å². The summed E-state index contributed by atoms with van der Waals surface area (Å²) in [4.78, 5) is 35.1. The van der Waals surface area contributed by atoms with Crippen LogP contribution in [0.1, 0.15) is 27.2 Å². The molecule has 0 aromatic rings. The summed E-state index contributed by atoms with van der Waals surface area (Å²) in [6.45, 7) is 4.94. The lowest BCUT2D eigenvalue weighted by Gasteiger charge is -2.19. The van der Waals surface area contributed by atoms with Crippen LogP contribution in [-0.4, -0.2) is 45.9 Å². The zero-order valence-electron chi connectivity index (χ0n) is 9.56. The average molecular weight is 228 g/mol. The Kier molecular flexibility index (Phi) is 3.64. The van der Waals surface area contributed by atoms with Gasteiger partial charge in [0.1, 0.15) is 6.04 Å². The first-order chi connectivity index (χ1) is 7.34. The van der Waals surface area contributed by atoms with Crippen LogP contribution in [0.5, 0.6) is 0 Å². The molecular weight excluding hydrogens is 212 g/mol. The number of carboxylic acid groups (broad SMARTS) is 1. The van der Waals surface area contributed by atoms with Crippen molar-refractivity contribution in [2.75, 3.05) is 0 Å². The number of likely N-dealkylation sites (tertiary alicyclic amines) is 1. The third-order valence-corrected chi connectivity index (χ3v) is 2.52. The van der Waals surface area contributed by atoms with E-state index in [1.165, 1.54) is 11.8 Å². The molecule has 0 bridgehead atoms. The molecule has 1 aliphatic rings. The molecule has 2 N–H and O–H groups in total. The van der Waals surface area contributed by atoms with Crippen LogP contribution in [-0.2, 0) is 14.4 Å². The van der Waals surface area contributed by atoms with Gasteiger partial charge in [-0.15, -0.1) is 0 Å². The van der Waals surface area contributed by atoms with Crippen molar-refractivity contribution in [1.82, 2.24) is 10.2 Å². The van der Waals surface area contributed by atoms with E-state index in [0.29, 0.717) is 0 Å². The van der Waals surface area contributed by atoms with Crippen LogP contribution in [0.4, 0.5) is 0 Å². The molecule has 2 atom stereocenters. The van der Waals surface area contributed by atoms with Crippen LogP contribution < -0.4 is 5.32 Å². The zero-order valence-corrected chi connectivity index (χ0v) is 9.56. The molecule has 0 aromatic carbocycles. The Balaban J connectivity index is 2.69. The number of carbonyl (C=O) groups is 3. The van der Waals surface area contributed by atoms with Crippen LogP contribution in [0, 0.1) is 0 Å². The Morgan fingerprint density at radius 1 is 1.44 bits per heavy atom. The number of nitrogens with one attached hydrogen (secondary N) is 1. The number of amides is 2. The van der Waals surface area contributed by atoms with Crippen LogP contribution in [0.25, 0.3) is 0 Å². The summed E-state index contributed by atoms with van der Waals surface area (Å²) in [6.07, 6.45) is 0.0363. The largest absolute Gasteiger partial charge is 0.480 e. The quantitative estimate of drug-likeness (QED) is 0.638. The van der Waals surface area contributed by atoms with Crippen molar-refractivity contribution in [2.24, 2.45) is 0 Å². The number of aliphatic carboxylic acids is 1. The average Bonchev–Trinajstić information content (AvgIpc) is 2.41. The molecule has 0 spiro atoms. The number of carboxylic acids is 1. The van der Waals surface area contributed by atoms with Crippen LogP contribution in [0.15, 0.2) is 0 Å². The summed E-state index contributed by atoms with van der Waals surface area (Å²) in [5, 5.41) is 11.3. The number of imide groups is 1. The minimum absolute atomic E-state index is 0.0363. The van der Waals surface area contributed by atoms with Gasteiger partial charge in [0.25, 0.3) is 0 Å². The summed E-state index contributed by atoms with van der Waals surface area (Å²) in [5.74, 6) is -1.63. The molecule has 1 heterocycles. The van der Waals surface area contributed by atoms with Gasteiger partial charge in [-0.25, -0.2) is 0 Å². The Labute approximate surface area is 93.6 Å². The summed E-state index contributed by atoms with van der Waals surface area (Å²) < 4.78 is 0. The summed E-state index contributed by atoms with van der Waals surface area (Å²) in [5.41, 5.74) is 0. The molecule has 16 heavy (non-hydrogen) atoms. The highest BCUT2D eigenvalue weighted by atomic mass is 16.4. The van der Waals surface area contributed by atoms with Gasteiger partial charge in [-0.1, -0.05) is 0 Å². The SMILES string of the molecule is CC(NC1CC(=O)N(C(C)C)C1=O)C(=O)O. The Bertz CT molecular complexity index is 327. The van der Waals surface area contributed by atoms with Gasteiger partial charge in [-0.2, -0.15) is 0 Å². The van der Waals surface area contributed by atoms with Gasteiger partial charge in [0.15, 0.2) is 0 Å². The van der Waals surface area contributed by atoms with Gasteiger partial charge in [0, 0.05) is 6.04 Å². The van der Waals surface area contributed by atoms with E-state index in [1.807, 2.05) is 0 Å². The number of hydrogen-bond donors (Lipinski definition) is 2. The van der Waals surface area contributed by atoms with Crippen molar-refractivity contribution in [2.45, 2.75) is 45.3 Å². The maximum absolute atomic E-state index is 11.8. The molecule has 6 nitrogen and oxygen atoms in total. The van der Waals surface area contributed by atoms with Gasteiger partial charge in [0.05, 0.1) is 12.5 Å². The van der Waals surface area contributed by atoms with E-state index in [2.05, 4.69) is 5.32 Å². The topological polar surface area (TPSA) is 86.7 Å². The van der Waals surface area contributed by atoms with E-state index in [1.54, 1.807) is 13.8 Å². The molecule has 2 unspecified atom stereocenters. The molecule has 90 valence electrons. The number of carbonyl (C=O) groups excluding carboxylic acids is 2. The summed E-state index contributed by atoms with van der Waals surface area (Å²) >= 11 is 0. The Hall–Kier alpha value is -1.43. The predicted octanol–water partition coefficient (Wildman–Crippen LogP) is -0.415. The number of nitrogens with zero attached hydrogens (tertiary/aromatic N) is 1.